The van der Waals surface area contributed by atoms with Crippen molar-refractivity contribution in [3.8, 4) is 11.1 Å². The Bertz CT molecular complexity index is 1880. The molecule has 246 valence electrons. The van der Waals surface area contributed by atoms with Gasteiger partial charge in [0.1, 0.15) is 23.1 Å². The molecule has 46 heavy (non-hydrogen) atoms. The maximum atomic E-state index is 16.5. The lowest BCUT2D eigenvalue weighted by Gasteiger charge is -2.32. The second kappa shape index (κ2) is 11.8. The van der Waals surface area contributed by atoms with Gasteiger partial charge in [0.15, 0.2) is 40.7 Å². The number of nitrogens with zero attached hydrogens (tertiary/aromatic N) is 1. The van der Waals surface area contributed by atoms with Crippen LogP contribution in [0.1, 0.15) is 38.3 Å². The summed E-state index contributed by atoms with van der Waals surface area (Å²) in [4.78, 5) is 0.652. The molecule has 0 saturated carbocycles. The summed E-state index contributed by atoms with van der Waals surface area (Å²) in [5.41, 5.74) is -10.0. The zero-order valence-corrected chi connectivity index (χ0v) is 25.5. The van der Waals surface area contributed by atoms with E-state index in [2.05, 4.69) is 0 Å². The third-order valence-electron chi connectivity index (χ3n) is 9.30. The first-order valence-corrected chi connectivity index (χ1v) is 17.2. The average molecular weight is 680 g/mol. The Kier molecular flexibility index (Phi) is 8.67. The lowest BCUT2D eigenvalue weighted by Crippen LogP contribution is -2.33. The number of benzene rings is 4. The number of hydrogen-bond donors (Lipinski definition) is 0. The predicted octanol–water partition coefficient (Wildman–Crippen LogP) is 11.4. The molecular weight excluding hydrogens is 654 g/mol. The van der Waals surface area contributed by atoms with Crippen LogP contribution in [-0.2, 0) is 5.92 Å². The van der Waals surface area contributed by atoms with E-state index < -0.39 is 123 Å². The van der Waals surface area contributed by atoms with E-state index in [-0.39, 0.29) is 6.42 Å². The molecule has 0 radical (unpaired) electrons. The summed E-state index contributed by atoms with van der Waals surface area (Å²) < 4.78 is 181. The Hall–Kier alpha value is -3.68. The molecule has 0 atom stereocenters. The van der Waals surface area contributed by atoms with Gasteiger partial charge in [-0.05, 0) is 24.6 Å². The molecule has 0 bridgehead atoms. The van der Waals surface area contributed by atoms with E-state index in [0.29, 0.717) is 29.1 Å². The number of fused-ring (bicyclic) bond motifs is 4. The maximum absolute atomic E-state index is 16.5. The third-order valence-corrected chi connectivity index (χ3v) is 15.2. The highest BCUT2D eigenvalue weighted by Crippen LogP contribution is 2.57. The van der Waals surface area contributed by atoms with Crippen molar-refractivity contribution in [3.05, 3.63) is 93.6 Å². The second-order valence-electron chi connectivity index (χ2n) is 11.3. The lowest BCUT2D eigenvalue weighted by molar-refractivity contribution is 0.0384. The SMILES string of the molecule is CC[Si](CC)(CC)CCCN(c1c(F)c(F)c2c(c1F)-c1c(F)c(F)c(F)c(F)c1C2(F)F)c1ccc(F)c2c(F)cc(F)cc12. The quantitative estimate of drug-likeness (QED) is 0.0737. The van der Waals surface area contributed by atoms with Gasteiger partial charge in [-0.25, -0.2) is 43.9 Å². The number of anilines is 2. The van der Waals surface area contributed by atoms with Crippen LogP contribution in [0.2, 0.25) is 24.2 Å². The monoisotopic (exact) mass is 679 g/mol. The highest BCUT2D eigenvalue weighted by Gasteiger charge is 2.55. The number of rotatable bonds is 9. The minimum Gasteiger partial charge on any atom is -0.336 e. The smallest absolute Gasteiger partial charge is 0.305 e. The highest BCUT2D eigenvalue weighted by molar-refractivity contribution is 6.79. The van der Waals surface area contributed by atoms with Crippen LogP contribution in [0.5, 0.6) is 0 Å². The molecule has 0 amide bonds. The average Bonchev–Trinajstić information content (AvgIpc) is 3.26. The molecule has 0 saturated heterocycles. The van der Waals surface area contributed by atoms with Gasteiger partial charge in [-0.1, -0.05) is 44.9 Å². The molecule has 0 unspecified atom stereocenters. The molecule has 1 aliphatic carbocycles. The maximum Gasteiger partial charge on any atom is 0.305 e. The van der Waals surface area contributed by atoms with Crippen molar-refractivity contribution in [2.75, 3.05) is 11.4 Å². The third kappa shape index (κ3) is 4.85. The molecule has 0 N–H and O–H groups in total. The van der Waals surface area contributed by atoms with Crippen molar-refractivity contribution in [3.63, 3.8) is 0 Å². The van der Waals surface area contributed by atoms with Crippen LogP contribution in [-0.4, -0.2) is 14.6 Å². The molecule has 5 rings (SSSR count). The van der Waals surface area contributed by atoms with Gasteiger partial charge in [-0.15, -0.1) is 0 Å². The molecular formula is C32H25F12NSi. The zero-order chi connectivity index (χ0) is 34.0. The van der Waals surface area contributed by atoms with Gasteiger partial charge >= 0.3 is 5.92 Å². The van der Waals surface area contributed by atoms with Gasteiger partial charge < -0.3 is 4.90 Å². The summed E-state index contributed by atoms with van der Waals surface area (Å²) in [6.45, 7) is 5.47. The molecule has 1 aliphatic rings. The summed E-state index contributed by atoms with van der Waals surface area (Å²) in [6, 6.07) is 5.51. The standard InChI is InChI=1S/C32H25F12NSi/c1-4-46(5-2,6-3)11-7-10-45(18-9-8-16(34)19-15(18)12-14(33)13-17(19)35)31-25(37)21-20-22(26(38)29(41)28(40)24(20)36)32(43,44)23(21)27(39)30(31)42/h8-9,12-13H,4-7,10-11H2,1-3H3. The fraction of sp³-hybridized carbons (Fsp3) is 0.312. The normalized spacial score (nSPS) is 13.8. The number of alkyl halides is 2. The van der Waals surface area contributed by atoms with Crippen molar-refractivity contribution in [2.24, 2.45) is 0 Å². The molecule has 14 heteroatoms. The molecule has 4 aromatic rings. The lowest BCUT2D eigenvalue weighted by atomic mass is 10.00. The van der Waals surface area contributed by atoms with E-state index >= 15 is 22.0 Å². The Balaban J connectivity index is 1.84. The minimum atomic E-state index is -5.05. The molecule has 0 spiro atoms. The molecule has 0 aromatic heterocycles. The Morgan fingerprint density at radius 3 is 1.76 bits per heavy atom. The van der Waals surface area contributed by atoms with E-state index in [9.17, 15) is 30.7 Å². The van der Waals surface area contributed by atoms with Gasteiger partial charge in [0.25, 0.3) is 0 Å². The van der Waals surface area contributed by atoms with E-state index in [0.717, 1.165) is 24.2 Å². The Morgan fingerprint density at radius 2 is 1.17 bits per heavy atom. The summed E-state index contributed by atoms with van der Waals surface area (Å²) in [5, 5.41) is -1.38. The second-order valence-corrected chi connectivity index (χ2v) is 16.9. The summed E-state index contributed by atoms with van der Waals surface area (Å²) in [5.74, 6) is -26.1. The number of halogens is 12. The van der Waals surface area contributed by atoms with Crippen molar-refractivity contribution in [1.82, 2.24) is 0 Å². The predicted molar refractivity (Wildman–Crippen MR) is 152 cm³/mol. The number of hydrogen-bond acceptors (Lipinski definition) is 1. The molecule has 0 heterocycles. The van der Waals surface area contributed by atoms with Crippen LogP contribution in [0.4, 0.5) is 64.1 Å². The van der Waals surface area contributed by atoms with Crippen molar-refractivity contribution in [2.45, 2.75) is 57.3 Å². The highest BCUT2D eigenvalue weighted by atomic mass is 28.3. The van der Waals surface area contributed by atoms with Gasteiger partial charge in [-0.2, -0.15) is 8.78 Å². The fourth-order valence-electron chi connectivity index (χ4n) is 6.52. The van der Waals surface area contributed by atoms with E-state index in [1.165, 1.54) is 0 Å². The molecule has 4 aromatic carbocycles. The Morgan fingerprint density at radius 1 is 0.630 bits per heavy atom. The van der Waals surface area contributed by atoms with Gasteiger partial charge in [0.05, 0.1) is 24.6 Å². The van der Waals surface area contributed by atoms with E-state index in [1.54, 1.807) is 0 Å². The molecule has 0 aliphatic heterocycles. The first-order valence-electron chi connectivity index (χ1n) is 14.4. The topological polar surface area (TPSA) is 3.24 Å². The first kappa shape index (κ1) is 33.7. The summed E-state index contributed by atoms with van der Waals surface area (Å²) in [6.07, 6.45) is 0.117. The molecule has 0 fully saturated rings. The van der Waals surface area contributed by atoms with Crippen molar-refractivity contribution >= 4 is 30.2 Å². The van der Waals surface area contributed by atoms with Gasteiger partial charge in [-0.3, -0.25) is 0 Å². The van der Waals surface area contributed by atoms with Crippen molar-refractivity contribution < 1.29 is 52.7 Å². The van der Waals surface area contributed by atoms with Crippen LogP contribution < -0.4 is 4.90 Å². The minimum absolute atomic E-state index is 0.117. The van der Waals surface area contributed by atoms with Crippen molar-refractivity contribution in [1.29, 1.82) is 0 Å². The van der Waals surface area contributed by atoms with E-state index in [4.69, 9.17) is 0 Å². The van der Waals surface area contributed by atoms with Crippen LogP contribution in [0.3, 0.4) is 0 Å². The van der Waals surface area contributed by atoms with Crippen LogP contribution in [0.15, 0.2) is 24.3 Å². The largest absolute Gasteiger partial charge is 0.336 e. The van der Waals surface area contributed by atoms with Crippen LogP contribution in [0, 0.1) is 58.2 Å². The van der Waals surface area contributed by atoms with Crippen LogP contribution >= 0.6 is 0 Å². The fourth-order valence-corrected chi connectivity index (χ4v) is 9.99. The van der Waals surface area contributed by atoms with Crippen LogP contribution in [0.25, 0.3) is 21.9 Å². The first-order chi connectivity index (χ1) is 21.6. The summed E-state index contributed by atoms with van der Waals surface area (Å²) in [7, 11) is -1.95. The van der Waals surface area contributed by atoms with Gasteiger partial charge in [0.2, 0.25) is 0 Å². The zero-order valence-electron chi connectivity index (χ0n) is 24.5. The molecule has 1 nitrogen and oxygen atoms in total. The Labute approximate surface area is 256 Å². The van der Waals surface area contributed by atoms with Gasteiger partial charge in [0, 0.05) is 34.8 Å². The summed E-state index contributed by atoms with van der Waals surface area (Å²) >= 11 is 0. The van der Waals surface area contributed by atoms with E-state index in [1.807, 2.05) is 20.8 Å².